The van der Waals surface area contributed by atoms with Crippen molar-refractivity contribution in [3.63, 3.8) is 0 Å². The van der Waals surface area contributed by atoms with Gasteiger partial charge in [-0.15, -0.1) is 0 Å². The van der Waals surface area contributed by atoms with Crippen LogP contribution in [0.4, 0.5) is 0 Å². The van der Waals surface area contributed by atoms with E-state index < -0.39 is 10.0 Å². The fourth-order valence-electron chi connectivity index (χ4n) is 4.31. The highest BCUT2D eigenvalue weighted by molar-refractivity contribution is 7.89. The zero-order valence-electron chi connectivity index (χ0n) is 13.8. The molecule has 2 heterocycles. The largest absolute Gasteiger partial charge is 0.353 e. The van der Waals surface area contributed by atoms with Gasteiger partial charge in [0.2, 0.25) is 15.9 Å². The van der Waals surface area contributed by atoms with Crippen LogP contribution in [0.2, 0.25) is 0 Å². The lowest BCUT2D eigenvalue weighted by Crippen LogP contribution is -2.54. The van der Waals surface area contributed by atoms with Crippen LogP contribution in [0.1, 0.15) is 43.2 Å². The Bertz CT molecular complexity index is 760. The van der Waals surface area contributed by atoms with Crippen molar-refractivity contribution in [2.75, 3.05) is 13.1 Å². The molecular formula is C18H24N2O3S. The zero-order chi connectivity index (χ0) is 16.7. The van der Waals surface area contributed by atoms with Gasteiger partial charge < -0.3 is 5.32 Å². The average molecular weight is 348 g/mol. The first-order chi connectivity index (χ1) is 11.5. The molecule has 1 aromatic carbocycles. The number of rotatable bonds is 2. The molecule has 1 aromatic rings. The summed E-state index contributed by atoms with van der Waals surface area (Å²) in [6.45, 7) is 1.01. The highest BCUT2D eigenvalue weighted by Gasteiger charge is 2.38. The highest BCUT2D eigenvalue weighted by Crippen LogP contribution is 2.30. The van der Waals surface area contributed by atoms with E-state index in [1.807, 2.05) is 12.1 Å². The SMILES string of the molecule is O=C1CCC2CN(S(=O)(=O)c3ccc4c(c3)CCCC4)CCC2N1. The zero-order valence-corrected chi connectivity index (χ0v) is 14.6. The number of carbonyl (C=O) groups excluding carboxylic acids is 1. The van der Waals surface area contributed by atoms with E-state index in [2.05, 4.69) is 5.32 Å². The standard InChI is InChI=1S/C18H24N2O3S/c21-18-8-6-15-12-20(10-9-17(15)19-18)24(22,23)16-7-5-13-3-1-2-4-14(13)11-16/h5,7,11,15,17H,1-4,6,8-10,12H2,(H,19,21). The summed E-state index contributed by atoms with van der Waals surface area (Å²) < 4.78 is 27.7. The Balaban J connectivity index is 1.56. The third-order valence-electron chi connectivity index (χ3n) is 5.74. The van der Waals surface area contributed by atoms with Gasteiger partial charge in [-0.1, -0.05) is 6.07 Å². The molecule has 2 saturated heterocycles. The first kappa shape index (κ1) is 16.1. The fourth-order valence-corrected chi connectivity index (χ4v) is 5.88. The van der Waals surface area contributed by atoms with Gasteiger partial charge in [0.1, 0.15) is 0 Å². The van der Waals surface area contributed by atoms with Crippen LogP contribution in [0.3, 0.4) is 0 Å². The van der Waals surface area contributed by atoms with E-state index in [9.17, 15) is 13.2 Å². The summed E-state index contributed by atoms with van der Waals surface area (Å²) >= 11 is 0. The first-order valence-electron chi connectivity index (χ1n) is 8.95. The summed E-state index contributed by atoms with van der Waals surface area (Å²) in [5.41, 5.74) is 2.50. The molecule has 2 atom stereocenters. The number of benzene rings is 1. The number of hydrogen-bond donors (Lipinski definition) is 1. The number of nitrogens with zero attached hydrogens (tertiary/aromatic N) is 1. The molecule has 0 radical (unpaired) electrons. The third kappa shape index (κ3) is 2.86. The van der Waals surface area contributed by atoms with Gasteiger partial charge >= 0.3 is 0 Å². The maximum absolute atomic E-state index is 13.1. The maximum Gasteiger partial charge on any atom is 0.243 e. The van der Waals surface area contributed by atoms with Crippen molar-refractivity contribution in [3.05, 3.63) is 29.3 Å². The van der Waals surface area contributed by atoms with E-state index >= 15 is 0 Å². The molecule has 1 N–H and O–H groups in total. The number of amides is 1. The average Bonchev–Trinajstić information content (AvgIpc) is 2.60. The van der Waals surface area contributed by atoms with Gasteiger partial charge in [0, 0.05) is 25.6 Å². The molecule has 0 bridgehead atoms. The molecular weight excluding hydrogens is 324 g/mol. The van der Waals surface area contributed by atoms with Crippen molar-refractivity contribution in [3.8, 4) is 0 Å². The lowest BCUT2D eigenvalue weighted by molar-refractivity contribution is -0.124. The number of piperidine rings is 2. The van der Waals surface area contributed by atoms with E-state index in [4.69, 9.17) is 0 Å². The minimum Gasteiger partial charge on any atom is -0.353 e. The maximum atomic E-state index is 13.1. The van der Waals surface area contributed by atoms with Crippen molar-refractivity contribution in [2.24, 2.45) is 5.92 Å². The molecule has 0 spiro atoms. The summed E-state index contributed by atoms with van der Waals surface area (Å²) in [7, 11) is -3.44. The molecule has 4 rings (SSSR count). The van der Waals surface area contributed by atoms with Crippen molar-refractivity contribution >= 4 is 15.9 Å². The van der Waals surface area contributed by atoms with Crippen LogP contribution in [0.15, 0.2) is 23.1 Å². The van der Waals surface area contributed by atoms with E-state index in [1.165, 1.54) is 17.5 Å². The van der Waals surface area contributed by atoms with E-state index in [-0.39, 0.29) is 17.9 Å². The Morgan fingerprint density at radius 2 is 1.83 bits per heavy atom. The summed E-state index contributed by atoms with van der Waals surface area (Å²) in [4.78, 5) is 11.9. The molecule has 2 aliphatic heterocycles. The molecule has 2 fully saturated rings. The van der Waals surface area contributed by atoms with Crippen LogP contribution < -0.4 is 5.32 Å². The quantitative estimate of drug-likeness (QED) is 0.887. The number of aryl methyl sites for hydroxylation is 2. The third-order valence-corrected chi connectivity index (χ3v) is 7.60. The van der Waals surface area contributed by atoms with Crippen LogP contribution in [0.25, 0.3) is 0 Å². The topological polar surface area (TPSA) is 66.5 Å². The summed E-state index contributed by atoms with van der Waals surface area (Å²) in [6.07, 6.45) is 6.38. The Kier molecular flexibility index (Phi) is 4.12. The molecule has 130 valence electrons. The van der Waals surface area contributed by atoms with Crippen molar-refractivity contribution in [1.29, 1.82) is 0 Å². The number of nitrogens with one attached hydrogen (secondary N) is 1. The van der Waals surface area contributed by atoms with Gasteiger partial charge in [-0.05, 0) is 67.7 Å². The smallest absolute Gasteiger partial charge is 0.243 e. The second-order valence-corrected chi connectivity index (χ2v) is 9.20. The molecule has 24 heavy (non-hydrogen) atoms. The molecule has 0 saturated carbocycles. The monoisotopic (exact) mass is 348 g/mol. The van der Waals surface area contributed by atoms with E-state index in [0.29, 0.717) is 30.8 Å². The van der Waals surface area contributed by atoms with Gasteiger partial charge in [0.15, 0.2) is 0 Å². The molecule has 5 nitrogen and oxygen atoms in total. The Hall–Kier alpha value is -1.40. The molecule has 6 heteroatoms. The van der Waals surface area contributed by atoms with E-state index in [0.717, 1.165) is 25.7 Å². The second kappa shape index (κ2) is 6.15. The molecule has 0 aromatic heterocycles. The molecule has 1 amide bonds. The predicted octanol–water partition coefficient (Wildman–Crippen LogP) is 1.85. The summed E-state index contributed by atoms with van der Waals surface area (Å²) in [5.74, 6) is 0.339. The summed E-state index contributed by atoms with van der Waals surface area (Å²) in [5, 5.41) is 3.01. The van der Waals surface area contributed by atoms with Crippen molar-refractivity contribution < 1.29 is 13.2 Å². The van der Waals surface area contributed by atoms with Gasteiger partial charge in [0.25, 0.3) is 0 Å². The minimum atomic E-state index is -3.44. The first-order valence-corrected chi connectivity index (χ1v) is 10.4. The second-order valence-electron chi connectivity index (χ2n) is 7.26. The lowest BCUT2D eigenvalue weighted by Gasteiger charge is -2.40. The van der Waals surface area contributed by atoms with Crippen molar-refractivity contribution in [1.82, 2.24) is 9.62 Å². The Morgan fingerprint density at radius 3 is 2.67 bits per heavy atom. The van der Waals surface area contributed by atoms with E-state index in [1.54, 1.807) is 10.4 Å². The van der Waals surface area contributed by atoms with Crippen LogP contribution in [0.5, 0.6) is 0 Å². The minimum absolute atomic E-state index is 0.0993. The van der Waals surface area contributed by atoms with Crippen LogP contribution >= 0.6 is 0 Å². The van der Waals surface area contributed by atoms with Gasteiger partial charge in [-0.25, -0.2) is 8.42 Å². The van der Waals surface area contributed by atoms with Gasteiger partial charge in [0.05, 0.1) is 4.90 Å². The number of carbonyl (C=O) groups is 1. The molecule has 1 aliphatic carbocycles. The van der Waals surface area contributed by atoms with Crippen molar-refractivity contribution in [2.45, 2.75) is 55.9 Å². The summed E-state index contributed by atoms with van der Waals surface area (Å²) in [6, 6.07) is 5.79. The highest BCUT2D eigenvalue weighted by atomic mass is 32.2. The Labute approximate surface area is 143 Å². The fraction of sp³-hybridized carbons (Fsp3) is 0.611. The Morgan fingerprint density at radius 1 is 1.04 bits per heavy atom. The number of hydrogen-bond acceptors (Lipinski definition) is 3. The van der Waals surface area contributed by atoms with Gasteiger partial charge in [-0.3, -0.25) is 4.79 Å². The molecule has 2 unspecified atom stereocenters. The normalized spacial score (nSPS) is 27.9. The van der Waals surface area contributed by atoms with Crippen LogP contribution in [0, 0.1) is 5.92 Å². The number of fused-ring (bicyclic) bond motifs is 2. The van der Waals surface area contributed by atoms with Crippen LogP contribution in [-0.2, 0) is 27.7 Å². The predicted molar refractivity (Wildman–Crippen MR) is 91.1 cm³/mol. The number of sulfonamides is 1. The van der Waals surface area contributed by atoms with Crippen LogP contribution in [-0.4, -0.2) is 37.8 Å². The van der Waals surface area contributed by atoms with Gasteiger partial charge in [-0.2, -0.15) is 4.31 Å². The molecule has 3 aliphatic rings. The lowest BCUT2D eigenvalue weighted by atomic mass is 9.86.